The third kappa shape index (κ3) is 6.61. The summed E-state index contributed by atoms with van der Waals surface area (Å²) in [5, 5.41) is 3.99. The zero-order valence-electron chi connectivity index (χ0n) is 19.2. The van der Waals surface area contributed by atoms with E-state index in [1.807, 2.05) is 38.1 Å². The molecule has 0 aliphatic carbocycles. The van der Waals surface area contributed by atoms with Gasteiger partial charge in [0.05, 0.1) is 22.8 Å². The molecule has 0 saturated carbocycles. The van der Waals surface area contributed by atoms with Crippen LogP contribution in [0.2, 0.25) is 0 Å². The number of amides is 1. The highest BCUT2D eigenvalue weighted by Crippen LogP contribution is 2.29. The van der Waals surface area contributed by atoms with Gasteiger partial charge in [-0.25, -0.2) is 8.42 Å². The normalized spacial score (nSPS) is 11.4. The standard InChI is InChI=1S/C24H28N2O5S2/c1-17-22(18(2)31-25-17)16-32-23-12-6-5-11-21(23)24(27)26(3)13-8-14-30-19-9-7-10-20(15-19)33(4,28)29/h5-7,9-12,15H,8,13-14,16H2,1-4H3. The summed E-state index contributed by atoms with van der Waals surface area (Å²) in [7, 11) is -1.52. The Kier molecular flexibility index (Phi) is 8.20. The van der Waals surface area contributed by atoms with Crippen molar-refractivity contribution in [3.8, 4) is 5.75 Å². The predicted molar refractivity (Wildman–Crippen MR) is 129 cm³/mol. The smallest absolute Gasteiger partial charge is 0.254 e. The SMILES string of the molecule is Cc1noc(C)c1CSc1ccccc1C(=O)N(C)CCCOc1cccc(S(C)(=O)=O)c1. The second kappa shape index (κ2) is 10.9. The molecule has 0 unspecified atom stereocenters. The van der Waals surface area contributed by atoms with Gasteiger partial charge >= 0.3 is 0 Å². The first-order valence-electron chi connectivity index (χ1n) is 10.5. The molecule has 0 spiro atoms. The first-order chi connectivity index (χ1) is 15.7. The molecule has 9 heteroatoms. The van der Waals surface area contributed by atoms with Gasteiger partial charge in [0.15, 0.2) is 9.84 Å². The number of benzene rings is 2. The number of nitrogens with zero attached hydrogens (tertiary/aromatic N) is 2. The van der Waals surface area contributed by atoms with E-state index in [9.17, 15) is 13.2 Å². The van der Waals surface area contributed by atoms with Crippen molar-refractivity contribution in [1.82, 2.24) is 10.1 Å². The molecule has 0 aliphatic heterocycles. The third-order valence-corrected chi connectivity index (χ3v) is 7.37. The fraction of sp³-hybridized carbons (Fsp3) is 0.333. The molecule has 0 radical (unpaired) electrons. The quantitative estimate of drug-likeness (QED) is 0.306. The van der Waals surface area contributed by atoms with E-state index in [-0.39, 0.29) is 10.8 Å². The first kappa shape index (κ1) is 24.9. The molecule has 33 heavy (non-hydrogen) atoms. The van der Waals surface area contributed by atoms with Gasteiger partial charge < -0.3 is 14.2 Å². The molecule has 176 valence electrons. The number of carbonyl (C=O) groups excluding carboxylic acids is 1. The minimum absolute atomic E-state index is 0.0593. The Morgan fingerprint density at radius 3 is 2.61 bits per heavy atom. The van der Waals surface area contributed by atoms with Gasteiger partial charge in [0.1, 0.15) is 11.5 Å². The Labute approximate surface area is 199 Å². The summed E-state index contributed by atoms with van der Waals surface area (Å²) in [6.07, 6.45) is 1.77. The fourth-order valence-corrected chi connectivity index (χ4v) is 5.07. The van der Waals surface area contributed by atoms with Crippen LogP contribution in [0.15, 0.2) is 62.8 Å². The summed E-state index contributed by atoms with van der Waals surface area (Å²) >= 11 is 1.59. The molecule has 1 heterocycles. The van der Waals surface area contributed by atoms with E-state index in [2.05, 4.69) is 5.16 Å². The number of aryl methyl sites for hydroxylation is 2. The number of thioether (sulfide) groups is 1. The highest BCUT2D eigenvalue weighted by Gasteiger charge is 2.17. The van der Waals surface area contributed by atoms with Gasteiger partial charge in [-0.05, 0) is 50.6 Å². The highest BCUT2D eigenvalue weighted by atomic mass is 32.2. The van der Waals surface area contributed by atoms with Crippen molar-refractivity contribution >= 4 is 27.5 Å². The molecule has 0 fully saturated rings. The molecular formula is C24H28N2O5S2. The molecule has 0 saturated heterocycles. The van der Waals surface area contributed by atoms with Crippen LogP contribution in [0.5, 0.6) is 5.75 Å². The van der Waals surface area contributed by atoms with E-state index in [4.69, 9.17) is 9.26 Å². The fourth-order valence-electron chi connectivity index (χ4n) is 3.22. The number of ether oxygens (including phenoxy) is 1. The van der Waals surface area contributed by atoms with Crippen molar-refractivity contribution in [3.05, 3.63) is 71.1 Å². The van der Waals surface area contributed by atoms with Crippen molar-refractivity contribution in [1.29, 1.82) is 0 Å². The van der Waals surface area contributed by atoms with Gasteiger partial charge in [0.2, 0.25) is 0 Å². The molecule has 7 nitrogen and oxygen atoms in total. The molecular weight excluding hydrogens is 460 g/mol. The van der Waals surface area contributed by atoms with Crippen LogP contribution in [0.3, 0.4) is 0 Å². The van der Waals surface area contributed by atoms with E-state index in [1.54, 1.807) is 35.8 Å². The lowest BCUT2D eigenvalue weighted by atomic mass is 10.2. The van der Waals surface area contributed by atoms with E-state index in [0.29, 0.717) is 36.6 Å². The summed E-state index contributed by atoms with van der Waals surface area (Å²) < 4.78 is 34.3. The lowest BCUT2D eigenvalue weighted by Crippen LogP contribution is -2.29. The van der Waals surface area contributed by atoms with Crippen LogP contribution in [0, 0.1) is 13.8 Å². The second-order valence-corrected chi connectivity index (χ2v) is 10.8. The summed E-state index contributed by atoms with van der Waals surface area (Å²) in [6.45, 7) is 4.68. The van der Waals surface area contributed by atoms with Crippen LogP contribution < -0.4 is 4.74 Å². The van der Waals surface area contributed by atoms with Crippen LogP contribution in [-0.2, 0) is 15.6 Å². The van der Waals surface area contributed by atoms with Gasteiger partial charge in [-0.1, -0.05) is 23.4 Å². The number of hydrogen-bond acceptors (Lipinski definition) is 7. The van der Waals surface area contributed by atoms with Crippen LogP contribution in [0.1, 0.15) is 33.8 Å². The van der Waals surface area contributed by atoms with Crippen molar-refractivity contribution in [2.75, 3.05) is 26.5 Å². The predicted octanol–water partition coefficient (Wildman–Crippen LogP) is 4.53. The summed E-state index contributed by atoms with van der Waals surface area (Å²) in [5.41, 5.74) is 2.56. The van der Waals surface area contributed by atoms with Crippen LogP contribution in [0.4, 0.5) is 0 Å². The Morgan fingerprint density at radius 2 is 1.91 bits per heavy atom. The van der Waals surface area contributed by atoms with E-state index in [1.165, 1.54) is 12.1 Å². The number of carbonyl (C=O) groups is 1. The minimum Gasteiger partial charge on any atom is -0.493 e. The lowest BCUT2D eigenvalue weighted by Gasteiger charge is -2.19. The van der Waals surface area contributed by atoms with Gasteiger partial charge in [-0.15, -0.1) is 11.8 Å². The van der Waals surface area contributed by atoms with Gasteiger partial charge in [-0.2, -0.15) is 0 Å². The molecule has 3 rings (SSSR count). The molecule has 3 aromatic rings. The van der Waals surface area contributed by atoms with E-state index < -0.39 is 9.84 Å². The molecule has 2 aromatic carbocycles. The number of rotatable bonds is 10. The molecule has 1 amide bonds. The molecule has 1 aromatic heterocycles. The Bertz CT molecular complexity index is 1200. The number of sulfone groups is 1. The molecule has 0 aliphatic rings. The molecule has 0 N–H and O–H groups in total. The summed E-state index contributed by atoms with van der Waals surface area (Å²) in [5.74, 6) is 1.90. The monoisotopic (exact) mass is 488 g/mol. The van der Waals surface area contributed by atoms with Crippen molar-refractivity contribution in [3.63, 3.8) is 0 Å². The maximum atomic E-state index is 13.1. The number of hydrogen-bond donors (Lipinski definition) is 0. The van der Waals surface area contributed by atoms with E-state index in [0.717, 1.165) is 28.2 Å². The number of aromatic nitrogens is 1. The Morgan fingerprint density at radius 1 is 1.15 bits per heavy atom. The van der Waals surface area contributed by atoms with Crippen molar-refractivity contribution < 1.29 is 22.5 Å². The van der Waals surface area contributed by atoms with Crippen molar-refractivity contribution in [2.45, 2.75) is 35.8 Å². The van der Waals surface area contributed by atoms with Crippen molar-refractivity contribution in [2.24, 2.45) is 0 Å². The summed E-state index contributed by atoms with van der Waals surface area (Å²) in [4.78, 5) is 15.9. The zero-order chi connectivity index (χ0) is 24.0. The van der Waals surface area contributed by atoms with Crippen LogP contribution in [0.25, 0.3) is 0 Å². The summed E-state index contributed by atoms with van der Waals surface area (Å²) in [6, 6.07) is 14.0. The van der Waals surface area contributed by atoms with Crippen LogP contribution >= 0.6 is 11.8 Å². The lowest BCUT2D eigenvalue weighted by molar-refractivity contribution is 0.0784. The molecule has 0 bridgehead atoms. The first-order valence-corrected chi connectivity index (χ1v) is 13.4. The maximum Gasteiger partial charge on any atom is 0.254 e. The van der Waals surface area contributed by atoms with Crippen LogP contribution in [-0.4, -0.2) is 50.8 Å². The van der Waals surface area contributed by atoms with Gasteiger partial charge in [0, 0.05) is 36.1 Å². The average molecular weight is 489 g/mol. The average Bonchev–Trinajstić information content (AvgIpc) is 3.11. The minimum atomic E-state index is -3.28. The van der Waals surface area contributed by atoms with Gasteiger partial charge in [0.25, 0.3) is 5.91 Å². The second-order valence-electron chi connectivity index (χ2n) is 7.76. The van der Waals surface area contributed by atoms with E-state index >= 15 is 0 Å². The zero-order valence-corrected chi connectivity index (χ0v) is 20.8. The highest BCUT2D eigenvalue weighted by molar-refractivity contribution is 7.98. The molecule has 0 atom stereocenters. The largest absolute Gasteiger partial charge is 0.493 e. The third-order valence-electron chi connectivity index (χ3n) is 5.16. The Balaban J connectivity index is 1.55. The Hall–Kier alpha value is -2.78. The van der Waals surface area contributed by atoms with Gasteiger partial charge in [-0.3, -0.25) is 4.79 Å². The topological polar surface area (TPSA) is 89.7 Å². The maximum absolute atomic E-state index is 13.1.